The molecule has 5 heteroatoms. The third-order valence-electron chi connectivity index (χ3n) is 4.18. The van der Waals surface area contributed by atoms with Gasteiger partial charge in [0.1, 0.15) is 0 Å². The van der Waals surface area contributed by atoms with Crippen LogP contribution in [0.25, 0.3) is 6.08 Å². The third-order valence-corrected chi connectivity index (χ3v) is 4.18. The van der Waals surface area contributed by atoms with Crippen LogP contribution in [0.1, 0.15) is 43.7 Å². The Hall–Kier alpha value is -2.14. The summed E-state index contributed by atoms with van der Waals surface area (Å²) in [4.78, 5) is 27.7. The zero-order valence-corrected chi connectivity index (χ0v) is 16.7. The van der Waals surface area contributed by atoms with Crippen molar-refractivity contribution in [1.29, 1.82) is 0 Å². The van der Waals surface area contributed by atoms with E-state index in [1.165, 1.54) is 12.7 Å². The molecule has 0 atom stereocenters. The first-order valence-corrected chi connectivity index (χ1v) is 9.12. The summed E-state index contributed by atoms with van der Waals surface area (Å²) in [5.74, 6) is 0.101. The van der Waals surface area contributed by atoms with Crippen molar-refractivity contribution < 1.29 is 14.3 Å². The van der Waals surface area contributed by atoms with Gasteiger partial charge in [-0.3, -0.25) is 9.59 Å². The van der Waals surface area contributed by atoms with Gasteiger partial charge in [-0.25, -0.2) is 0 Å². The summed E-state index contributed by atoms with van der Waals surface area (Å²) in [5, 5.41) is 0. The summed E-state index contributed by atoms with van der Waals surface area (Å²) in [6.45, 7) is 6.19. The summed E-state index contributed by atoms with van der Waals surface area (Å²) in [6, 6.07) is 8.20. The molecule has 26 heavy (non-hydrogen) atoms. The van der Waals surface area contributed by atoms with Gasteiger partial charge in [-0.2, -0.15) is 0 Å². The molecule has 0 bridgehead atoms. The van der Waals surface area contributed by atoms with Crippen molar-refractivity contribution in [2.45, 2.75) is 32.6 Å². The number of rotatable bonds is 10. The maximum Gasteiger partial charge on any atom is 0.307 e. The van der Waals surface area contributed by atoms with Gasteiger partial charge in [-0.1, -0.05) is 38.1 Å². The van der Waals surface area contributed by atoms with Crippen molar-refractivity contribution in [1.82, 2.24) is 9.80 Å². The van der Waals surface area contributed by atoms with Gasteiger partial charge in [0.2, 0.25) is 5.91 Å². The molecular formula is C21H32N2O3. The van der Waals surface area contributed by atoms with Crippen LogP contribution in [-0.4, -0.2) is 62.5 Å². The Bertz CT molecular complexity index is 592. The van der Waals surface area contributed by atoms with Crippen molar-refractivity contribution >= 4 is 18.0 Å². The molecule has 0 heterocycles. The van der Waals surface area contributed by atoms with Crippen LogP contribution in [0, 0.1) is 0 Å². The molecule has 0 radical (unpaired) electrons. The largest absolute Gasteiger partial charge is 0.469 e. The lowest BCUT2D eigenvalue weighted by molar-refractivity contribution is -0.141. The van der Waals surface area contributed by atoms with E-state index in [4.69, 9.17) is 0 Å². The maximum absolute atomic E-state index is 12.5. The molecule has 5 nitrogen and oxygen atoms in total. The minimum atomic E-state index is -0.302. The zero-order valence-electron chi connectivity index (χ0n) is 16.7. The van der Waals surface area contributed by atoms with Crippen LogP contribution in [0.4, 0.5) is 0 Å². The average Bonchev–Trinajstić information content (AvgIpc) is 2.62. The first-order valence-electron chi connectivity index (χ1n) is 9.12. The standard InChI is InChI=1S/C21H32N2O3/c1-17(2)19-10-7-18(8-11-19)9-12-20(24)23(15-6-14-22(3)4)16-13-21(25)26-5/h7-12,17H,6,13-16H2,1-5H3/b12-9+. The summed E-state index contributed by atoms with van der Waals surface area (Å²) in [6.07, 6.45) is 4.47. The quantitative estimate of drug-likeness (QED) is 0.475. The van der Waals surface area contributed by atoms with Gasteiger partial charge in [-0.05, 0) is 50.2 Å². The highest BCUT2D eigenvalue weighted by Gasteiger charge is 2.13. The summed E-state index contributed by atoms with van der Waals surface area (Å²) in [7, 11) is 5.37. The Morgan fingerprint density at radius 3 is 2.27 bits per heavy atom. The van der Waals surface area contributed by atoms with Crippen molar-refractivity contribution in [3.05, 3.63) is 41.5 Å². The molecule has 144 valence electrons. The third kappa shape index (κ3) is 8.30. The number of benzene rings is 1. The fourth-order valence-corrected chi connectivity index (χ4v) is 2.50. The van der Waals surface area contributed by atoms with Crippen LogP contribution in [0.15, 0.2) is 30.3 Å². The van der Waals surface area contributed by atoms with E-state index in [0.717, 1.165) is 18.5 Å². The minimum absolute atomic E-state index is 0.0828. The average molecular weight is 360 g/mol. The molecular weight excluding hydrogens is 328 g/mol. The number of amides is 1. The van der Waals surface area contributed by atoms with Gasteiger partial charge in [-0.15, -0.1) is 0 Å². The highest BCUT2D eigenvalue weighted by Crippen LogP contribution is 2.15. The minimum Gasteiger partial charge on any atom is -0.469 e. The molecule has 0 aliphatic carbocycles. The van der Waals surface area contributed by atoms with Crippen molar-refractivity contribution in [3.8, 4) is 0 Å². The van der Waals surface area contributed by atoms with Crippen LogP contribution < -0.4 is 0 Å². The van der Waals surface area contributed by atoms with E-state index >= 15 is 0 Å². The summed E-state index contributed by atoms with van der Waals surface area (Å²) in [5.41, 5.74) is 2.26. The number of carbonyl (C=O) groups is 2. The lowest BCUT2D eigenvalue weighted by Gasteiger charge is -2.21. The second kappa shape index (κ2) is 11.5. The number of carbonyl (C=O) groups excluding carboxylic acids is 2. The molecule has 0 fully saturated rings. The fraction of sp³-hybridized carbons (Fsp3) is 0.524. The second-order valence-electron chi connectivity index (χ2n) is 6.96. The normalized spacial score (nSPS) is 11.3. The van der Waals surface area contributed by atoms with Crippen LogP contribution in [-0.2, 0) is 14.3 Å². The number of hydrogen-bond donors (Lipinski definition) is 0. The zero-order chi connectivity index (χ0) is 19.5. The Morgan fingerprint density at radius 2 is 1.73 bits per heavy atom. The first kappa shape index (κ1) is 21.9. The number of hydrogen-bond acceptors (Lipinski definition) is 4. The Morgan fingerprint density at radius 1 is 1.08 bits per heavy atom. The molecule has 1 aromatic rings. The number of esters is 1. The number of ether oxygens (including phenoxy) is 1. The molecule has 1 rings (SSSR count). The fourth-order valence-electron chi connectivity index (χ4n) is 2.50. The predicted molar refractivity (Wildman–Crippen MR) is 106 cm³/mol. The maximum atomic E-state index is 12.5. The molecule has 0 saturated carbocycles. The van der Waals surface area contributed by atoms with Crippen molar-refractivity contribution in [2.75, 3.05) is 40.8 Å². The lowest BCUT2D eigenvalue weighted by atomic mass is 10.0. The highest BCUT2D eigenvalue weighted by molar-refractivity contribution is 5.92. The number of nitrogens with zero attached hydrogens (tertiary/aromatic N) is 2. The predicted octanol–water partition coefficient (Wildman–Crippen LogP) is 3.17. The number of methoxy groups -OCH3 is 1. The lowest BCUT2D eigenvalue weighted by Crippen LogP contribution is -2.34. The van der Waals surface area contributed by atoms with Crippen molar-refractivity contribution in [2.24, 2.45) is 0 Å². The van der Waals surface area contributed by atoms with Crippen LogP contribution in [0.3, 0.4) is 0 Å². The second-order valence-corrected chi connectivity index (χ2v) is 6.96. The van der Waals surface area contributed by atoms with Gasteiger partial charge < -0.3 is 14.5 Å². The Kier molecular flexibility index (Phi) is 9.66. The molecule has 0 unspecified atom stereocenters. The van der Waals surface area contributed by atoms with Crippen molar-refractivity contribution in [3.63, 3.8) is 0 Å². The molecule has 1 amide bonds. The van der Waals surface area contributed by atoms with Crippen LogP contribution in [0.5, 0.6) is 0 Å². The monoisotopic (exact) mass is 360 g/mol. The van der Waals surface area contributed by atoms with Gasteiger partial charge in [0, 0.05) is 19.2 Å². The molecule has 0 aliphatic rings. The highest BCUT2D eigenvalue weighted by atomic mass is 16.5. The molecule has 0 spiro atoms. The van der Waals surface area contributed by atoms with E-state index in [1.54, 1.807) is 11.0 Å². The van der Waals surface area contributed by atoms with E-state index in [0.29, 0.717) is 19.0 Å². The molecule has 0 saturated heterocycles. The SMILES string of the molecule is COC(=O)CCN(CCCN(C)C)C(=O)/C=C/c1ccc(C(C)C)cc1. The summed E-state index contributed by atoms with van der Waals surface area (Å²) >= 11 is 0. The Labute approximate surface area is 157 Å². The Balaban J connectivity index is 2.70. The molecule has 0 N–H and O–H groups in total. The smallest absolute Gasteiger partial charge is 0.307 e. The van der Waals surface area contributed by atoms with E-state index in [1.807, 2.05) is 32.3 Å². The van der Waals surface area contributed by atoms with Crippen LogP contribution in [0.2, 0.25) is 0 Å². The van der Waals surface area contributed by atoms with E-state index in [-0.39, 0.29) is 18.3 Å². The van der Waals surface area contributed by atoms with Gasteiger partial charge in [0.25, 0.3) is 0 Å². The van der Waals surface area contributed by atoms with E-state index in [2.05, 4.69) is 35.6 Å². The van der Waals surface area contributed by atoms with E-state index < -0.39 is 0 Å². The topological polar surface area (TPSA) is 49.9 Å². The molecule has 0 aromatic heterocycles. The summed E-state index contributed by atoms with van der Waals surface area (Å²) < 4.78 is 4.68. The van der Waals surface area contributed by atoms with Crippen LogP contribution >= 0.6 is 0 Å². The first-order chi connectivity index (χ1) is 12.3. The van der Waals surface area contributed by atoms with Gasteiger partial charge in [0.05, 0.1) is 13.5 Å². The van der Waals surface area contributed by atoms with E-state index in [9.17, 15) is 9.59 Å². The molecule has 1 aromatic carbocycles. The molecule has 0 aliphatic heterocycles. The van der Waals surface area contributed by atoms with Gasteiger partial charge in [0.15, 0.2) is 0 Å². The van der Waals surface area contributed by atoms with Gasteiger partial charge >= 0.3 is 5.97 Å².